The van der Waals surface area contributed by atoms with Gasteiger partial charge in [-0.1, -0.05) is 27.7 Å². The van der Waals surface area contributed by atoms with Gasteiger partial charge in [-0.15, -0.1) is 0 Å². The van der Waals surface area contributed by atoms with Crippen molar-refractivity contribution in [2.75, 3.05) is 18.6 Å². The molecule has 1 fully saturated rings. The number of hydrogen-bond donors (Lipinski definition) is 1. The van der Waals surface area contributed by atoms with Gasteiger partial charge >= 0.3 is 0 Å². The van der Waals surface area contributed by atoms with Gasteiger partial charge in [-0.25, -0.2) is 0 Å². The van der Waals surface area contributed by atoms with Gasteiger partial charge in [0, 0.05) is 29.4 Å². The van der Waals surface area contributed by atoms with Crippen LogP contribution in [0.25, 0.3) is 0 Å². The summed E-state index contributed by atoms with van der Waals surface area (Å²) in [7, 11) is -0.848. The zero-order valence-corrected chi connectivity index (χ0v) is 12.9. The van der Waals surface area contributed by atoms with Gasteiger partial charge in [0.25, 0.3) is 0 Å². The summed E-state index contributed by atoms with van der Waals surface area (Å²) in [5, 5.41) is 3.42. The maximum absolute atomic E-state index is 12.3. The zero-order valence-electron chi connectivity index (χ0n) is 12.1. The molecule has 18 heavy (non-hydrogen) atoms. The number of amides is 1. The quantitative estimate of drug-likeness (QED) is 0.791. The molecule has 0 aromatic rings. The van der Waals surface area contributed by atoms with E-state index in [1.807, 2.05) is 4.90 Å². The molecule has 0 aliphatic carbocycles. The van der Waals surface area contributed by atoms with Gasteiger partial charge in [0.1, 0.15) is 0 Å². The van der Waals surface area contributed by atoms with E-state index in [1.165, 1.54) is 0 Å². The highest BCUT2D eigenvalue weighted by molar-refractivity contribution is 7.84. The summed E-state index contributed by atoms with van der Waals surface area (Å²) in [6.07, 6.45) is 2.64. The number of rotatable bonds is 6. The molecule has 1 rings (SSSR count). The monoisotopic (exact) mass is 274 g/mol. The molecule has 0 aromatic heterocycles. The van der Waals surface area contributed by atoms with Gasteiger partial charge in [0.2, 0.25) is 5.91 Å². The smallest absolute Gasteiger partial charge is 0.241 e. The van der Waals surface area contributed by atoms with Crippen LogP contribution in [0.4, 0.5) is 0 Å². The number of hydrogen-bond acceptors (Lipinski definition) is 3. The summed E-state index contributed by atoms with van der Waals surface area (Å²) in [4.78, 5) is 14.2. The molecular weight excluding hydrogens is 248 g/mol. The van der Waals surface area contributed by atoms with Crippen molar-refractivity contribution in [2.45, 2.75) is 46.3 Å². The fourth-order valence-electron chi connectivity index (χ4n) is 2.37. The first-order valence-corrected chi connectivity index (χ1v) is 8.42. The molecular formula is C13H26N2O2S. The van der Waals surface area contributed by atoms with Gasteiger partial charge in [0.15, 0.2) is 0 Å². The van der Waals surface area contributed by atoms with Crippen LogP contribution in [0.2, 0.25) is 0 Å². The third kappa shape index (κ3) is 4.05. The molecule has 4 nitrogen and oxygen atoms in total. The van der Waals surface area contributed by atoms with E-state index in [4.69, 9.17) is 0 Å². The Bertz CT molecular complexity index is 318. The van der Waals surface area contributed by atoms with Crippen LogP contribution in [0.1, 0.15) is 34.1 Å². The van der Waals surface area contributed by atoms with E-state index in [9.17, 15) is 9.00 Å². The third-order valence-electron chi connectivity index (χ3n) is 3.25. The highest BCUT2D eigenvalue weighted by atomic mass is 32.2. The number of carbonyl (C=O) groups excluding carboxylic acids is 1. The predicted molar refractivity (Wildman–Crippen MR) is 75.7 cm³/mol. The first-order valence-electron chi connectivity index (χ1n) is 6.69. The average molecular weight is 274 g/mol. The molecule has 3 atom stereocenters. The normalized spacial score (nSPS) is 26.4. The van der Waals surface area contributed by atoms with Crippen molar-refractivity contribution in [2.24, 2.45) is 11.8 Å². The largest absolute Gasteiger partial charge is 0.325 e. The maximum atomic E-state index is 12.3. The maximum Gasteiger partial charge on any atom is 0.241 e. The van der Waals surface area contributed by atoms with E-state index in [0.29, 0.717) is 24.1 Å². The van der Waals surface area contributed by atoms with Gasteiger partial charge in [-0.05, 0) is 18.3 Å². The highest BCUT2D eigenvalue weighted by Gasteiger charge is 2.39. The fraction of sp³-hybridized carbons (Fsp3) is 0.923. The molecule has 0 spiro atoms. The van der Waals surface area contributed by atoms with Crippen molar-refractivity contribution in [3.8, 4) is 0 Å². The van der Waals surface area contributed by atoms with Gasteiger partial charge in [0.05, 0.1) is 12.2 Å². The van der Waals surface area contributed by atoms with Crippen molar-refractivity contribution >= 4 is 16.7 Å². The summed E-state index contributed by atoms with van der Waals surface area (Å²) < 4.78 is 11.2. The van der Waals surface area contributed by atoms with E-state index < -0.39 is 10.8 Å². The lowest BCUT2D eigenvalue weighted by Crippen LogP contribution is -2.43. The van der Waals surface area contributed by atoms with E-state index in [1.54, 1.807) is 6.26 Å². The number of nitrogens with zero attached hydrogens (tertiary/aromatic N) is 1. The van der Waals surface area contributed by atoms with E-state index in [-0.39, 0.29) is 18.1 Å². The standard InChI is InChI=1S/C13H26N2O2S/c1-9(2)8-11-13(16)15(6-7-18(5)17)12(14-11)10(3)4/h9-12,14H,6-8H2,1-5H3. The fourth-order valence-corrected chi connectivity index (χ4v) is 2.83. The van der Waals surface area contributed by atoms with Crippen LogP contribution >= 0.6 is 0 Å². The van der Waals surface area contributed by atoms with Crippen molar-refractivity contribution in [3.63, 3.8) is 0 Å². The second-order valence-corrected chi connectivity index (χ2v) is 7.40. The average Bonchev–Trinajstić information content (AvgIpc) is 2.53. The van der Waals surface area contributed by atoms with Crippen LogP contribution in [0.5, 0.6) is 0 Å². The second kappa shape index (κ2) is 6.66. The lowest BCUT2D eigenvalue weighted by Gasteiger charge is -2.26. The summed E-state index contributed by atoms with van der Waals surface area (Å²) >= 11 is 0. The number of nitrogens with one attached hydrogen (secondary N) is 1. The number of carbonyl (C=O) groups is 1. The van der Waals surface area contributed by atoms with Gasteiger partial charge in [-0.3, -0.25) is 14.3 Å². The highest BCUT2D eigenvalue weighted by Crippen LogP contribution is 2.21. The summed E-state index contributed by atoms with van der Waals surface area (Å²) in [5.41, 5.74) is 0. The minimum absolute atomic E-state index is 0.0670. The summed E-state index contributed by atoms with van der Waals surface area (Å²) in [5.74, 6) is 1.61. The Kier molecular flexibility index (Phi) is 5.79. The van der Waals surface area contributed by atoms with Crippen molar-refractivity contribution in [1.82, 2.24) is 10.2 Å². The minimum Gasteiger partial charge on any atom is -0.325 e. The molecule has 1 saturated heterocycles. The second-order valence-electron chi connectivity index (χ2n) is 5.85. The molecule has 1 aliphatic rings. The SMILES string of the molecule is CC(C)CC1NC(C(C)C)N(CCS(C)=O)C1=O. The van der Waals surface area contributed by atoms with E-state index in [2.05, 4.69) is 33.0 Å². The molecule has 0 aromatic carbocycles. The van der Waals surface area contributed by atoms with Crippen LogP contribution in [0.15, 0.2) is 0 Å². The van der Waals surface area contributed by atoms with Crippen LogP contribution in [0, 0.1) is 11.8 Å². The Morgan fingerprint density at radius 1 is 1.33 bits per heavy atom. The van der Waals surface area contributed by atoms with Crippen LogP contribution in [-0.4, -0.2) is 45.8 Å². The Morgan fingerprint density at radius 3 is 2.39 bits per heavy atom. The first-order chi connectivity index (χ1) is 8.32. The molecule has 1 aliphatic heterocycles. The van der Waals surface area contributed by atoms with Crippen molar-refractivity contribution in [1.29, 1.82) is 0 Å². The minimum atomic E-state index is -0.848. The topological polar surface area (TPSA) is 49.4 Å². The summed E-state index contributed by atoms with van der Waals surface area (Å²) in [6.45, 7) is 9.07. The lowest BCUT2D eigenvalue weighted by atomic mass is 10.0. The molecule has 0 saturated carbocycles. The first kappa shape index (κ1) is 15.6. The van der Waals surface area contributed by atoms with Gasteiger partial charge in [-0.2, -0.15) is 0 Å². The molecule has 1 amide bonds. The summed E-state index contributed by atoms with van der Waals surface area (Å²) in [6, 6.07) is -0.0670. The van der Waals surface area contributed by atoms with Crippen LogP contribution in [0.3, 0.4) is 0 Å². The van der Waals surface area contributed by atoms with E-state index in [0.717, 1.165) is 6.42 Å². The molecule has 0 bridgehead atoms. The Hall–Kier alpha value is -0.420. The lowest BCUT2D eigenvalue weighted by molar-refractivity contribution is -0.130. The van der Waals surface area contributed by atoms with Gasteiger partial charge < -0.3 is 4.90 Å². The molecule has 1 heterocycles. The van der Waals surface area contributed by atoms with Crippen LogP contribution < -0.4 is 5.32 Å². The molecule has 5 heteroatoms. The Balaban J connectivity index is 2.71. The van der Waals surface area contributed by atoms with Crippen molar-refractivity contribution < 1.29 is 9.00 Å². The Morgan fingerprint density at radius 2 is 1.94 bits per heavy atom. The Labute approximate surface area is 113 Å². The molecule has 3 unspecified atom stereocenters. The zero-order chi connectivity index (χ0) is 13.9. The third-order valence-corrected chi connectivity index (χ3v) is 4.00. The van der Waals surface area contributed by atoms with E-state index >= 15 is 0 Å². The van der Waals surface area contributed by atoms with Crippen LogP contribution in [-0.2, 0) is 15.6 Å². The molecule has 106 valence electrons. The predicted octanol–water partition coefficient (Wildman–Crippen LogP) is 1.19. The molecule has 0 radical (unpaired) electrons. The molecule has 1 N–H and O–H groups in total. The van der Waals surface area contributed by atoms with Crippen molar-refractivity contribution in [3.05, 3.63) is 0 Å².